The summed E-state index contributed by atoms with van der Waals surface area (Å²) in [7, 11) is 1.57. The second-order valence-corrected chi connectivity index (χ2v) is 7.75. The number of thiocarbonyl (C=S) groups is 1. The standard InChI is InChI=1S/C24H22N4O4S/c1-32-12-11-25-21(29)15-27-14-16(18-9-5-6-10-20(18)27)13-19-22(30)26-24(33)28(23(19)31)17-7-3-2-4-8-17/h2-10,13-14H,11-12,15H2,1H3,(H,25,29)(H,26,30,33)/b19-13+. The molecule has 2 N–H and O–H groups in total. The summed E-state index contributed by atoms with van der Waals surface area (Å²) in [5, 5.41) is 6.23. The van der Waals surface area contributed by atoms with E-state index in [-0.39, 0.29) is 23.1 Å². The van der Waals surface area contributed by atoms with Gasteiger partial charge in [0.1, 0.15) is 12.1 Å². The number of nitrogens with zero attached hydrogens (tertiary/aromatic N) is 2. The maximum Gasteiger partial charge on any atom is 0.270 e. The highest BCUT2D eigenvalue weighted by Gasteiger charge is 2.34. The molecule has 33 heavy (non-hydrogen) atoms. The number of ether oxygens (including phenoxy) is 1. The molecule has 8 nitrogen and oxygen atoms in total. The van der Waals surface area contributed by atoms with Gasteiger partial charge in [0.25, 0.3) is 11.8 Å². The average molecular weight is 463 g/mol. The molecule has 2 heterocycles. The molecule has 1 aliphatic heterocycles. The Labute approximate surface area is 195 Å². The predicted octanol–water partition coefficient (Wildman–Crippen LogP) is 2.24. The minimum atomic E-state index is -0.564. The minimum absolute atomic E-state index is 0.0310. The fourth-order valence-electron chi connectivity index (χ4n) is 3.65. The highest BCUT2D eigenvalue weighted by atomic mass is 32.1. The quantitative estimate of drug-likeness (QED) is 0.243. The van der Waals surface area contributed by atoms with E-state index in [4.69, 9.17) is 17.0 Å². The van der Waals surface area contributed by atoms with Gasteiger partial charge in [-0.15, -0.1) is 0 Å². The number of amides is 3. The van der Waals surface area contributed by atoms with Gasteiger partial charge in [-0.1, -0.05) is 36.4 Å². The van der Waals surface area contributed by atoms with E-state index in [0.717, 1.165) is 10.9 Å². The third kappa shape index (κ3) is 4.69. The summed E-state index contributed by atoms with van der Waals surface area (Å²) < 4.78 is 6.74. The molecule has 0 atom stereocenters. The fourth-order valence-corrected chi connectivity index (χ4v) is 3.93. The van der Waals surface area contributed by atoms with Crippen LogP contribution in [0.1, 0.15) is 5.56 Å². The van der Waals surface area contributed by atoms with Crippen LogP contribution in [-0.2, 0) is 25.7 Å². The molecule has 0 saturated carbocycles. The van der Waals surface area contributed by atoms with E-state index in [1.165, 1.54) is 11.0 Å². The highest BCUT2D eigenvalue weighted by molar-refractivity contribution is 7.80. The molecule has 168 valence electrons. The molecule has 0 spiro atoms. The van der Waals surface area contributed by atoms with Crippen LogP contribution in [0, 0.1) is 0 Å². The molecule has 0 radical (unpaired) electrons. The third-order valence-corrected chi connectivity index (χ3v) is 5.46. The molecule has 1 aliphatic rings. The normalized spacial score (nSPS) is 15.2. The number of carbonyl (C=O) groups excluding carboxylic acids is 3. The SMILES string of the molecule is COCCNC(=O)Cn1cc(/C=C2\C(=O)NC(=S)N(c3ccccc3)C2=O)c2ccccc21. The molecule has 1 fully saturated rings. The monoisotopic (exact) mass is 462 g/mol. The maximum atomic E-state index is 13.2. The zero-order valence-electron chi connectivity index (χ0n) is 17.9. The Balaban J connectivity index is 1.69. The van der Waals surface area contributed by atoms with Gasteiger partial charge in [0, 0.05) is 36.3 Å². The zero-order valence-corrected chi connectivity index (χ0v) is 18.7. The number of aromatic nitrogens is 1. The number of carbonyl (C=O) groups is 3. The molecule has 9 heteroatoms. The van der Waals surface area contributed by atoms with E-state index < -0.39 is 11.8 Å². The van der Waals surface area contributed by atoms with Gasteiger partial charge in [0.05, 0.1) is 12.3 Å². The number of anilines is 1. The van der Waals surface area contributed by atoms with Gasteiger partial charge in [-0.3, -0.25) is 24.6 Å². The van der Waals surface area contributed by atoms with Gasteiger partial charge in [0.2, 0.25) is 5.91 Å². The van der Waals surface area contributed by atoms with Gasteiger partial charge < -0.3 is 14.6 Å². The fraction of sp³-hybridized carbons (Fsp3) is 0.167. The molecule has 1 aromatic heterocycles. The lowest BCUT2D eigenvalue weighted by molar-refractivity contribution is -0.123. The van der Waals surface area contributed by atoms with Crippen molar-refractivity contribution in [2.75, 3.05) is 25.2 Å². The van der Waals surface area contributed by atoms with E-state index in [0.29, 0.717) is 24.4 Å². The van der Waals surface area contributed by atoms with Gasteiger partial charge in [-0.25, -0.2) is 0 Å². The van der Waals surface area contributed by atoms with Crippen LogP contribution in [0.3, 0.4) is 0 Å². The van der Waals surface area contributed by atoms with Crippen molar-refractivity contribution >= 4 is 57.7 Å². The van der Waals surface area contributed by atoms with Crippen molar-refractivity contribution in [3.63, 3.8) is 0 Å². The number of nitrogens with one attached hydrogen (secondary N) is 2. The van der Waals surface area contributed by atoms with Gasteiger partial charge in [-0.2, -0.15) is 0 Å². The van der Waals surface area contributed by atoms with Crippen molar-refractivity contribution in [3.8, 4) is 0 Å². The summed E-state index contributed by atoms with van der Waals surface area (Å²) in [6.07, 6.45) is 3.30. The number of benzene rings is 2. The third-order valence-electron chi connectivity index (χ3n) is 5.18. The second-order valence-electron chi connectivity index (χ2n) is 7.37. The molecular formula is C24H22N4O4S. The smallest absolute Gasteiger partial charge is 0.270 e. The molecule has 1 saturated heterocycles. The molecular weight excluding hydrogens is 440 g/mol. The lowest BCUT2D eigenvalue weighted by Gasteiger charge is -2.28. The van der Waals surface area contributed by atoms with Crippen molar-refractivity contribution in [1.82, 2.24) is 15.2 Å². The topological polar surface area (TPSA) is 92.7 Å². The first kappa shape index (κ1) is 22.4. The first-order chi connectivity index (χ1) is 16.0. The first-order valence-corrected chi connectivity index (χ1v) is 10.7. The Hall–Kier alpha value is -3.82. The van der Waals surface area contributed by atoms with E-state index in [1.54, 1.807) is 42.1 Å². The predicted molar refractivity (Wildman–Crippen MR) is 129 cm³/mol. The maximum absolute atomic E-state index is 13.2. The van der Waals surface area contributed by atoms with Crippen LogP contribution in [-0.4, -0.2) is 47.7 Å². The first-order valence-electron chi connectivity index (χ1n) is 10.3. The van der Waals surface area contributed by atoms with Crippen LogP contribution in [0.4, 0.5) is 5.69 Å². The summed E-state index contributed by atoms with van der Waals surface area (Å²) in [5.41, 5.74) is 1.98. The van der Waals surface area contributed by atoms with Crippen LogP contribution < -0.4 is 15.5 Å². The molecule has 2 aromatic carbocycles. The lowest BCUT2D eigenvalue weighted by Crippen LogP contribution is -2.54. The number of para-hydroxylation sites is 2. The number of hydrogen-bond acceptors (Lipinski definition) is 5. The molecule has 0 unspecified atom stereocenters. The summed E-state index contributed by atoms with van der Waals surface area (Å²) in [5.74, 6) is -1.24. The molecule has 4 rings (SSSR count). The van der Waals surface area contributed by atoms with Crippen LogP contribution >= 0.6 is 12.2 Å². The zero-order chi connectivity index (χ0) is 23.4. The van der Waals surface area contributed by atoms with Gasteiger partial charge in [0.15, 0.2) is 5.11 Å². The van der Waals surface area contributed by atoms with Crippen LogP contribution in [0.25, 0.3) is 17.0 Å². The van der Waals surface area contributed by atoms with Crippen molar-refractivity contribution in [2.24, 2.45) is 0 Å². The largest absolute Gasteiger partial charge is 0.383 e. The number of rotatable bonds is 7. The van der Waals surface area contributed by atoms with Crippen molar-refractivity contribution in [3.05, 3.63) is 71.9 Å². The van der Waals surface area contributed by atoms with Crippen molar-refractivity contribution in [1.29, 1.82) is 0 Å². The molecule has 0 bridgehead atoms. The number of hydrogen-bond donors (Lipinski definition) is 2. The Kier molecular flexibility index (Phi) is 6.62. The second kappa shape index (κ2) is 9.76. The summed E-state index contributed by atoms with van der Waals surface area (Å²) >= 11 is 5.24. The van der Waals surface area contributed by atoms with Gasteiger partial charge >= 0.3 is 0 Å². The highest BCUT2D eigenvalue weighted by Crippen LogP contribution is 2.26. The van der Waals surface area contributed by atoms with Crippen molar-refractivity contribution < 1.29 is 19.1 Å². The van der Waals surface area contributed by atoms with Gasteiger partial charge in [-0.05, 0) is 36.5 Å². The summed E-state index contributed by atoms with van der Waals surface area (Å²) in [6.45, 7) is 0.926. The number of fused-ring (bicyclic) bond motifs is 1. The van der Waals surface area contributed by atoms with E-state index in [1.807, 2.05) is 30.3 Å². The Morgan fingerprint density at radius 1 is 1.12 bits per heavy atom. The van der Waals surface area contributed by atoms with Crippen LogP contribution in [0.15, 0.2) is 66.4 Å². The molecule has 3 amide bonds. The number of methoxy groups -OCH3 is 1. The minimum Gasteiger partial charge on any atom is -0.383 e. The van der Waals surface area contributed by atoms with Crippen molar-refractivity contribution in [2.45, 2.75) is 6.54 Å². The Morgan fingerprint density at radius 3 is 2.61 bits per heavy atom. The van der Waals surface area contributed by atoms with Crippen LogP contribution in [0.2, 0.25) is 0 Å². The van der Waals surface area contributed by atoms with Crippen LogP contribution in [0.5, 0.6) is 0 Å². The van der Waals surface area contributed by atoms with E-state index in [2.05, 4.69) is 10.6 Å². The molecule has 3 aromatic rings. The Bertz CT molecular complexity index is 1270. The lowest BCUT2D eigenvalue weighted by atomic mass is 10.1. The Morgan fingerprint density at radius 2 is 1.85 bits per heavy atom. The van der Waals surface area contributed by atoms with E-state index in [9.17, 15) is 14.4 Å². The van der Waals surface area contributed by atoms with E-state index >= 15 is 0 Å². The average Bonchev–Trinajstić information content (AvgIpc) is 3.14. The molecule has 0 aliphatic carbocycles. The summed E-state index contributed by atoms with van der Waals surface area (Å²) in [6, 6.07) is 16.4. The summed E-state index contributed by atoms with van der Waals surface area (Å²) in [4.78, 5) is 39.5.